The summed E-state index contributed by atoms with van der Waals surface area (Å²) < 4.78 is 35.0. The van der Waals surface area contributed by atoms with Crippen LogP contribution in [0.15, 0.2) is 6.20 Å². The van der Waals surface area contributed by atoms with Gasteiger partial charge >= 0.3 is 5.97 Å². The van der Waals surface area contributed by atoms with E-state index in [1.165, 1.54) is 13.3 Å². The Kier molecular flexibility index (Phi) is 4.39. The summed E-state index contributed by atoms with van der Waals surface area (Å²) in [6.07, 6.45) is -1.61. The van der Waals surface area contributed by atoms with Crippen molar-refractivity contribution in [2.45, 2.75) is 6.43 Å². The second-order valence-electron chi connectivity index (χ2n) is 2.70. The lowest BCUT2D eigenvalue weighted by molar-refractivity contribution is 0.0581. The van der Waals surface area contributed by atoms with Crippen molar-refractivity contribution in [3.8, 4) is 5.75 Å². The van der Waals surface area contributed by atoms with E-state index in [0.717, 1.165) is 7.11 Å². The molecule has 0 unspecified atom stereocenters. The molecule has 1 aromatic heterocycles. The Morgan fingerprint density at radius 2 is 2.12 bits per heavy atom. The van der Waals surface area contributed by atoms with Crippen LogP contribution in [0.1, 0.15) is 22.5 Å². The molecule has 0 saturated carbocycles. The van der Waals surface area contributed by atoms with Crippen LogP contribution >= 0.6 is 22.6 Å². The second-order valence-corrected chi connectivity index (χ2v) is 3.77. The van der Waals surface area contributed by atoms with Crippen LogP contribution in [0.25, 0.3) is 0 Å². The minimum absolute atomic E-state index is 0.158. The number of ether oxygens (including phenoxy) is 2. The van der Waals surface area contributed by atoms with E-state index in [4.69, 9.17) is 4.74 Å². The van der Waals surface area contributed by atoms with Crippen molar-refractivity contribution in [1.29, 1.82) is 0 Å². The summed E-state index contributed by atoms with van der Waals surface area (Å²) in [5.41, 5.74) is -0.852. The van der Waals surface area contributed by atoms with Crippen LogP contribution in [0.2, 0.25) is 0 Å². The van der Waals surface area contributed by atoms with Gasteiger partial charge in [0.25, 0.3) is 6.43 Å². The Bertz CT molecular complexity index is 412. The lowest BCUT2D eigenvalue weighted by Gasteiger charge is -2.11. The molecule has 0 atom stereocenters. The number of nitrogens with zero attached hydrogens (tertiary/aromatic N) is 1. The van der Waals surface area contributed by atoms with Gasteiger partial charge in [0.05, 0.1) is 29.6 Å². The highest BCUT2D eigenvalue weighted by molar-refractivity contribution is 14.1. The summed E-state index contributed by atoms with van der Waals surface area (Å²) in [6, 6.07) is 0. The molecule has 1 heterocycles. The van der Waals surface area contributed by atoms with Gasteiger partial charge in [-0.25, -0.2) is 18.6 Å². The number of esters is 1. The fourth-order valence-electron chi connectivity index (χ4n) is 1.09. The fraction of sp³-hybridized carbons (Fsp3) is 0.333. The Morgan fingerprint density at radius 1 is 1.50 bits per heavy atom. The van der Waals surface area contributed by atoms with Crippen molar-refractivity contribution in [1.82, 2.24) is 4.98 Å². The van der Waals surface area contributed by atoms with E-state index in [2.05, 4.69) is 9.72 Å². The number of hydrogen-bond donors (Lipinski definition) is 0. The third-order valence-corrected chi connectivity index (χ3v) is 2.95. The van der Waals surface area contributed by atoms with Gasteiger partial charge in [0.2, 0.25) is 0 Å². The SMILES string of the molecule is COC(=O)c1ncc(OC)c(I)c1C(F)F. The van der Waals surface area contributed by atoms with Crippen LogP contribution < -0.4 is 4.74 Å². The number of aromatic nitrogens is 1. The quantitative estimate of drug-likeness (QED) is 0.625. The molecule has 4 nitrogen and oxygen atoms in total. The number of halogens is 3. The predicted octanol–water partition coefficient (Wildman–Crippen LogP) is 2.42. The van der Waals surface area contributed by atoms with E-state index in [1.54, 1.807) is 22.6 Å². The zero-order valence-corrected chi connectivity index (χ0v) is 10.6. The molecule has 0 saturated heterocycles. The van der Waals surface area contributed by atoms with E-state index in [1.807, 2.05) is 0 Å². The van der Waals surface area contributed by atoms with Crippen molar-refractivity contribution in [2.75, 3.05) is 14.2 Å². The Hall–Kier alpha value is -0.990. The van der Waals surface area contributed by atoms with Gasteiger partial charge in [0.1, 0.15) is 0 Å². The van der Waals surface area contributed by atoms with Crippen molar-refractivity contribution >= 4 is 28.6 Å². The number of hydrogen-bond acceptors (Lipinski definition) is 4. The molecular formula is C9H8F2INO3. The smallest absolute Gasteiger partial charge is 0.357 e. The first-order chi connectivity index (χ1) is 7.52. The van der Waals surface area contributed by atoms with E-state index >= 15 is 0 Å². The predicted molar refractivity (Wildman–Crippen MR) is 59.8 cm³/mol. The summed E-state index contributed by atoms with van der Waals surface area (Å²) in [5.74, 6) is -0.695. The van der Waals surface area contributed by atoms with E-state index in [-0.39, 0.29) is 15.0 Å². The molecule has 0 N–H and O–H groups in total. The Balaban J connectivity index is 3.40. The van der Waals surface area contributed by atoms with E-state index in [0.29, 0.717) is 0 Å². The molecule has 0 bridgehead atoms. The molecule has 0 aromatic carbocycles. The summed E-state index contributed by atoms with van der Waals surface area (Å²) in [5, 5.41) is 0. The van der Waals surface area contributed by atoms with Crippen molar-refractivity contribution in [2.24, 2.45) is 0 Å². The summed E-state index contributed by atoms with van der Waals surface area (Å²) in [6.45, 7) is 0. The monoisotopic (exact) mass is 343 g/mol. The van der Waals surface area contributed by atoms with Crippen molar-refractivity contribution < 1.29 is 23.0 Å². The summed E-state index contributed by atoms with van der Waals surface area (Å²) >= 11 is 1.68. The molecule has 0 aliphatic rings. The zero-order valence-electron chi connectivity index (χ0n) is 8.46. The van der Waals surface area contributed by atoms with Crippen LogP contribution in [-0.2, 0) is 4.74 Å². The number of rotatable bonds is 3. The van der Waals surface area contributed by atoms with E-state index in [9.17, 15) is 13.6 Å². The first-order valence-electron chi connectivity index (χ1n) is 4.11. The Morgan fingerprint density at radius 3 is 2.56 bits per heavy atom. The highest BCUT2D eigenvalue weighted by atomic mass is 127. The average molecular weight is 343 g/mol. The third kappa shape index (κ3) is 2.39. The van der Waals surface area contributed by atoms with E-state index < -0.39 is 18.0 Å². The molecule has 0 amide bonds. The lowest BCUT2D eigenvalue weighted by Crippen LogP contribution is -2.11. The van der Waals surface area contributed by atoms with Gasteiger partial charge in [-0.2, -0.15) is 0 Å². The normalized spacial score (nSPS) is 10.4. The maximum absolute atomic E-state index is 12.8. The van der Waals surface area contributed by atoms with Crippen molar-refractivity contribution in [3.63, 3.8) is 0 Å². The van der Waals surface area contributed by atoms with Crippen LogP contribution in [0, 0.1) is 3.57 Å². The molecule has 0 aliphatic heterocycles. The maximum atomic E-state index is 12.8. The standard InChI is InChI=1S/C9H8F2INO3/c1-15-4-3-13-7(9(14)16-2)5(6(4)12)8(10)11/h3,8H,1-2H3. The van der Waals surface area contributed by atoms with Gasteiger partial charge in [-0.3, -0.25) is 0 Å². The van der Waals surface area contributed by atoms with Crippen LogP contribution in [0.5, 0.6) is 5.75 Å². The molecule has 16 heavy (non-hydrogen) atoms. The topological polar surface area (TPSA) is 48.4 Å². The van der Waals surface area contributed by atoms with Gasteiger partial charge < -0.3 is 9.47 Å². The summed E-state index contributed by atoms with van der Waals surface area (Å²) in [7, 11) is 2.45. The average Bonchev–Trinajstić information content (AvgIpc) is 2.26. The Labute approximate surface area is 104 Å². The lowest BCUT2D eigenvalue weighted by atomic mass is 10.2. The molecule has 0 radical (unpaired) electrons. The number of pyridine rings is 1. The minimum Gasteiger partial charge on any atom is -0.494 e. The fourth-order valence-corrected chi connectivity index (χ4v) is 1.94. The number of carbonyl (C=O) groups is 1. The van der Waals surface area contributed by atoms with Gasteiger partial charge in [-0.15, -0.1) is 0 Å². The first-order valence-corrected chi connectivity index (χ1v) is 5.19. The highest BCUT2D eigenvalue weighted by Gasteiger charge is 2.25. The van der Waals surface area contributed by atoms with Crippen LogP contribution in [0.3, 0.4) is 0 Å². The van der Waals surface area contributed by atoms with Gasteiger partial charge in [-0.05, 0) is 22.6 Å². The number of carbonyl (C=O) groups excluding carboxylic acids is 1. The third-order valence-electron chi connectivity index (χ3n) is 1.84. The molecular weight excluding hydrogens is 335 g/mol. The molecule has 0 fully saturated rings. The number of methoxy groups -OCH3 is 2. The second kappa shape index (κ2) is 5.37. The van der Waals surface area contributed by atoms with Gasteiger partial charge in [-0.1, -0.05) is 0 Å². The zero-order chi connectivity index (χ0) is 12.3. The molecule has 0 spiro atoms. The minimum atomic E-state index is -2.82. The molecule has 1 rings (SSSR count). The highest BCUT2D eigenvalue weighted by Crippen LogP contribution is 2.32. The van der Waals surface area contributed by atoms with Crippen LogP contribution in [-0.4, -0.2) is 25.2 Å². The number of alkyl halides is 2. The molecule has 88 valence electrons. The van der Waals surface area contributed by atoms with Crippen molar-refractivity contribution in [3.05, 3.63) is 21.0 Å². The largest absolute Gasteiger partial charge is 0.494 e. The molecule has 1 aromatic rings. The summed E-state index contributed by atoms with van der Waals surface area (Å²) in [4.78, 5) is 14.8. The molecule has 7 heteroatoms. The molecule has 0 aliphatic carbocycles. The first kappa shape index (κ1) is 13.1. The maximum Gasteiger partial charge on any atom is 0.357 e. The van der Waals surface area contributed by atoms with Gasteiger partial charge in [0.15, 0.2) is 11.4 Å². The van der Waals surface area contributed by atoms with Gasteiger partial charge in [0, 0.05) is 0 Å². The van der Waals surface area contributed by atoms with Crippen LogP contribution in [0.4, 0.5) is 8.78 Å².